The lowest BCUT2D eigenvalue weighted by atomic mass is 10.1. The van der Waals surface area contributed by atoms with Gasteiger partial charge in [-0.05, 0) is 31.4 Å². The molecule has 1 N–H and O–H groups in total. The predicted molar refractivity (Wildman–Crippen MR) is 66.8 cm³/mol. The molecule has 0 aromatic carbocycles. The maximum Gasteiger partial charge on any atom is 0.224 e. The van der Waals surface area contributed by atoms with Gasteiger partial charge in [-0.2, -0.15) is 0 Å². The smallest absolute Gasteiger partial charge is 0.224 e. The quantitative estimate of drug-likeness (QED) is 0.741. The Morgan fingerprint density at radius 2 is 2.53 bits per heavy atom. The number of carbonyl (C=O) groups excluding carboxylic acids is 1. The number of methoxy groups -OCH3 is 1. The topological polar surface area (TPSA) is 41.6 Å². The van der Waals surface area contributed by atoms with Gasteiger partial charge >= 0.3 is 0 Å². The van der Waals surface area contributed by atoms with Crippen molar-refractivity contribution in [2.24, 2.45) is 0 Å². The molecule has 1 amide bonds. The van der Waals surface area contributed by atoms with Gasteiger partial charge < -0.3 is 15.0 Å². The van der Waals surface area contributed by atoms with E-state index in [1.807, 2.05) is 4.90 Å². The molecule has 0 aromatic heterocycles. The minimum Gasteiger partial charge on any atom is -0.380 e. The van der Waals surface area contributed by atoms with Crippen LogP contribution in [0.5, 0.6) is 0 Å². The van der Waals surface area contributed by atoms with Gasteiger partial charge in [-0.15, -0.1) is 0 Å². The number of hydrogen-bond donors (Lipinski definition) is 1. The van der Waals surface area contributed by atoms with E-state index in [9.17, 15) is 4.79 Å². The minimum atomic E-state index is 0.289. The Bertz CT molecular complexity index is 296. The summed E-state index contributed by atoms with van der Waals surface area (Å²) in [5, 5.41) is 3.37. The fourth-order valence-electron chi connectivity index (χ4n) is 2.53. The van der Waals surface area contributed by atoms with Crippen molar-refractivity contribution in [3.63, 3.8) is 0 Å². The molecule has 4 nitrogen and oxygen atoms in total. The van der Waals surface area contributed by atoms with E-state index >= 15 is 0 Å². The highest BCUT2D eigenvalue weighted by Crippen LogP contribution is 2.15. The lowest BCUT2D eigenvalue weighted by Gasteiger charge is -2.27. The standard InChI is InChI=1S/C13H22N2O2/c1-17-10-11-4-7-15(8-5-11)13(16)9-12-3-2-6-14-12/h4,12,14H,2-3,5-10H2,1H3. The molecule has 1 atom stereocenters. The molecule has 0 spiro atoms. The SMILES string of the molecule is COCC1=CCN(C(=O)CC2CCCN2)CC1. The molecule has 0 radical (unpaired) electrons. The van der Waals surface area contributed by atoms with Crippen LogP contribution in [0.2, 0.25) is 0 Å². The van der Waals surface area contributed by atoms with Crippen molar-refractivity contribution >= 4 is 5.91 Å². The van der Waals surface area contributed by atoms with E-state index in [1.54, 1.807) is 7.11 Å². The van der Waals surface area contributed by atoms with Gasteiger partial charge in [-0.1, -0.05) is 6.08 Å². The van der Waals surface area contributed by atoms with Crippen LogP contribution in [0.3, 0.4) is 0 Å². The summed E-state index contributed by atoms with van der Waals surface area (Å²) in [6.45, 7) is 3.37. The van der Waals surface area contributed by atoms with Gasteiger partial charge in [-0.3, -0.25) is 4.79 Å². The van der Waals surface area contributed by atoms with E-state index in [2.05, 4.69) is 11.4 Å². The van der Waals surface area contributed by atoms with E-state index in [4.69, 9.17) is 4.74 Å². The average molecular weight is 238 g/mol. The maximum atomic E-state index is 12.0. The molecule has 0 bridgehead atoms. The van der Waals surface area contributed by atoms with Gasteiger partial charge in [0.25, 0.3) is 0 Å². The van der Waals surface area contributed by atoms with Crippen LogP contribution in [-0.2, 0) is 9.53 Å². The highest BCUT2D eigenvalue weighted by molar-refractivity contribution is 5.77. The third kappa shape index (κ3) is 3.54. The van der Waals surface area contributed by atoms with E-state index < -0.39 is 0 Å². The van der Waals surface area contributed by atoms with Crippen molar-refractivity contribution in [1.29, 1.82) is 0 Å². The number of amides is 1. The Labute approximate surface area is 103 Å². The van der Waals surface area contributed by atoms with Gasteiger partial charge in [-0.25, -0.2) is 0 Å². The summed E-state index contributed by atoms with van der Waals surface area (Å²) < 4.78 is 5.10. The summed E-state index contributed by atoms with van der Waals surface area (Å²) in [4.78, 5) is 14.0. The van der Waals surface area contributed by atoms with Crippen LogP contribution in [0, 0.1) is 0 Å². The fraction of sp³-hybridized carbons (Fsp3) is 0.769. The first-order valence-corrected chi connectivity index (χ1v) is 6.47. The van der Waals surface area contributed by atoms with E-state index in [1.165, 1.54) is 12.0 Å². The molecule has 1 unspecified atom stereocenters. The Morgan fingerprint density at radius 1 is 1.65 bits per heavy atom. The second kappa shape index (κ2) is 6.17. The summed E-state index contributed by atoms with van der Waals surface area (Å²) in [6.07, 6.45) is 6.10. The third-order valence-corrected chi connectivity index (χ3v) is 3.57. The summed E-state index contributed by atoms with van der Waals surface area (Å²) in [5.74, 6) is 0.289. The van der Waals surface area contributed by atoms with Crippen molar-refractivity contribution in [2.45, 2.75) is 31.7 Å². The van der Waals surface area contributed by atoms with Crippen molar-refractivity contribution in [3.05, 3.63) is 11.6 Å². The third-order valence-electron chi connectivity index (χ3n) is 3.57. The van der Waals surface area contributed by atoms with E-state index in [-0.39, 0.29) is 5.91 Å². The van der Waals surface area contributed by atoms with Crippen molar-refractivity contribution in [1.82, 2.24) is 10.2 Å². The lowest BCUT2D eigenvalue weighted by molar-refractivity contribution is -0.131. The molecule has 2 heterocycles. The Balaban J connectivity index is 1.77. The summed E-state index contributed by atoms with van der Waals surface area (Å²) in [6, 6.07) is 0.409. The maximum absolute atomic E-state index is 12.0. The summed E-state index contributed by atoms with van der Waals surface area (Å²) in [5.41, 5.74) is 1.32. The van der Waals surface area contributed by atoms with Gasteiger partial charge in [0.1, 0.15) is 0 Å². The molecule has 1 saturated heterocycles. The zero-order chi connectivity index (χ0) is 12.1. The molecule has 4 heteroatoms. The summed E-state index contributed by atoms with van der Waals surface area (Å²) in [7, 11) is 1.71. The van der Waals surface area contributed by atoms with Gasteiger partial charge in [0, 0.05) is 32.7 Å². The van der Waals surface area contributed by atoms with Gasteiger partial charge in [0.15, 0.2) is 0 Å². The molecule has 2 aliphatic rings. The zero-order valence-corrected chi connectivity index (χ0v) is 10.6. The van der Waals surface area contributed by atoms with Crippen molar-refractivity contribution < 1.29 is 9.53 Å². The second-order valence-corrected chi connectivity index (χ2v) is 4.88. The van der Waals surface area contributed by atoms with Crippen LogP contribution in [-0.4, -0.2) is 50.2 Å². The van der Waals surface area contributed by atoms with Crippen LogP contribution in [0.15, 0.2) is 11.6 Å². The Morgan fingerprint density at radius 3 is 3.12 bits per heavy atom. The first-order chi connectivity index (χ1) is 8.29. The highest BCUT2D eigenvalue weighted by atomic mass is 16.5. The van der Waals surface area contributed by atoms with Crippen LogP contribution in [0.1, 0.15) is 25.7 Å². The minimum absolute atomic E-state index is 0.289. The van der Waals surface area contributed by atoms with Crippen LogP contribution >= 0.6 is 0 Å². The van der Waals surface area contributed by atoms with Crippen LogP contribution in [0.4, 0.5) is 0 Å². The number of carbonyl (C=O) groups is 1. The molecular weight excluding hydrogens is 216 g/mol. The largest absolute Gasteiger partial charge is 0.380 e. The van der Waals surface area contributed by atoms with Crippen molar-refractivity contribution in [2.75, 3.05) is 33.4 Å². The second-order valence-electron chi connectivity index (χ2n) is 4.88. The zero-order valence-electron chi connectivity index (χ0n) is 10.6. The van der Waals surface area contributed by atoms with Gasteiger partial charge in [0.05, 0.1) is 6.61 Å². The molecule has 17 heavy (non-hydrogen) atoms. The van der Waals surface area contributed by atoms with Crippen LogP contribution in [0.25, 0.3) is 0 Å². The Kier molecular flexibility index (Phi) is 4.57. The average Bonchev–Trinajstić information content (AvgIpc) is 2.83. The van der Waals surface area contributed by atoms with Crippen LogP contribution < -0.4 is 5.32 Å². The molecule has 2 rings (SSSR count). The molecule has 0 aromatic rings. The number of rotatable bonds is 4. The monoisotopic (exact) mass is 238 g/mol. The number of nitrogens with one attached hydrogen (secondary N) is 1. The molecular formula is C13H22N2O2. The number of hydrogen-bond acceptors (Lipinski definition) is 3. The molecule has 2 aliphatic heterocycles. The Hall–Kier alpha value is -0.870. The van der Waals surface area contributed by atoms with Crippen molar-refractivity contribution in [3.8, 4) is 0 Å². The van der Waals surface area contributed by atoms with E-state index in [0.29, 0.717) is 19.1 Å². The molecule has 0 saturated carbocycles. The normalized spacial score (nSPS) is 24.9. The molecule has 96 valence electrons. The van der Waals surface area contributed by atoms with E-state index in [0.717, 1.165) is 32.5 Å². The lowest BCUT2D eigenvalue weighted by Crippen LogP contribution is -2.38. The first kappa shape index (κ1) is 12.6. The van der Waals surface area contributed by atoms with Gasteiger partial charge in [0.2, 0.25) is 5.91 Å². The first-order valence-electron chi connectivity index (χ1n) is 6.47. The number of ether oxygens (including phenoxy) is 1. The molecule has 1 fully saturated rings. The summed E-state index contributed by atoms with van der Waals surface area (Å²) >= 11 is 0. The fourth-order valence-corrected chi connectivity index (χ4v) is 2.53. The predicted octanol–water partition coefficient (Wildman–Crippen LogP) is 0.934. The number of nitrogens with zero attached hydrogens (tertiary/aromatic N) is 1. The molecule has 0 aliphatic carbocycles. The highest BCUT2D eigenvalue weighted by Gasteiger charge is 2.22.